The van der Waals surface area contributed by atoms with E-state index in [1.807, 2.05) is 23.1 Å². The number of ether oxygens (including phenoxy) is 1. The molecule has 2 N–H and O–H groups in total. The van der Waals surface area contributed by atoms with Crippen molar-refractivity contribution in [2.75, 3.05) is 55.6 Å². The van der Waals surface area contributed by atoms with Crippen molar-refractivity contribution in [2.24, 2.45) is 22.7 Å². The number of halogens is 1. The Balaban J connectivity index is 0.670. The van der Waals surface area contributed by atoms with E-state index in [2.05, 4.69) is 81.5 Å². The number of benzene rings is 3. The number of hydrogen-bond donors (Lipinski definition) is 2. The van der Waals surface area contributed by atoms with E-state index < -0.39 is 17.5 Å². The van der Waals surface area contributed by atoms with Crippen molar-refractivity contribution in [1.29, 1.82) is 5.26 Å². The molecule has 1 saturated carbocycles. The number of carbonyl (C=O) groups is 4. The van der Waals surface area contributed by atoms with Crippen LogP contribution in [0.15, 0.2) is 65.5 Å². The monoisotopic (exact) mass is 914 g/mol. The first kappa shape index (κ1) is 43.8. The van der Waals surface area contributed by atoms with E-state index in [9.17, 15) is 29.2 Å². The number of nitriles is 1. The Morgan fingerprint density at radius 2 is 1.64 bits per heavy atom. The first-order valence-electron chi connectivity index (χ1n) is 23.1. The summed E-state index contributed by atoms with van der Waals surface area (Å²) in [5.41, 5.74) is 2.26. The Hall–Kier alpha value is -6.05. The normalized spacial score (nSPS) is 26.1. The van der Waals surface area contributed by atoms with Crippen LogP contribution >= 0.6 is 11.6 Å². The molecule has 0 radical (unpaired) electrons. The lowest BCUT2D eigenvalue weighted by atomic mass is 9.49. The number of nitrogens with zero attached hydrogens (tertiary/aromatic N) is 8. The molecule has 16 nitrogen and oxygen atoms in total. The molecule has 3 aromatic carbocycles. The quantitative estimate of drug-likeness (QED) is 0.212. The molecule has 6 heterocycles. The van der Waals surface area contributed by atoms with Crippen LogP contribution < -0.4 is 30.7 Å². The van der Waals surface area contributed by atoms with Crippen LogP contribution in [-0.2, 0) is 14.4 Å². The molecule has 0 spiro atoms. The molecular weight excluding hydrogens is 860 g/mol. The second kappa shape index (κ2) is 16.7. The summed E-state index contributed by atoms with van der Waals surface area (Å²) in [5.74, 6) is 0.208. The highest BCUT2D eigenvalue weighted by atomic mass is 35.5. The van der Waals surface area contributed by atoms with Gasteiger partial charge in [-0.1, -0.05) is 44.5 Å². The number of fused-ring (bicyclic) bond motifs is 3. The maximum Gasteiger partial charge on any atom is 0.278 e. The van der Waals surface area contributed by atoms with Gasteiger partial charge in [0.2, 0.25) is 11.8 Å². The molecule has 3 atom stereocenters. The Bertz CT molecular complexity index is 2710. The highest BCUT2D eigenvalue weighted by Gasteiger charge is 2.64. The van der Waals surface area contributed by atoms with Crippen LogP contribution in [0.1, 0.15) is 81.8 Å². The summed E-state index contributed by atoms with van der Waals surface area (Å²) in [6, 6.07) is 20.5. The zero-order valence-corrected chi connectivity index (χ0v) is 38.5. The number of aromatic nitrogens is 3. The van der Waals surface area contributed by atoms with E-state index in [0.717, 1.165) is 68.0 Å². The molecule has 5 aliphatic heterocycles. The maximum absolute atomic E-state index is 13.6. The predicted molar refractivity (Wildman–Crippen MR) is 247 cm³/mol. The van der Waals surface area contributed by atoms with Crippen molar-refractivity contribution in [3.8, 4) is 11.8 Å². The van der Waals surface area contributed by atoms with Gasteiger partial charge in [-0.15, -0.1) is 5.10 Å². The van der Waals surface area contributed by atoms with Gasteiger partial charge in [0.15, 0.2) is 0 Å². The Morgan fingerprint density at radius 3 is 2.30 bits per heavy atom. The fourth-order valence-corrected chi connectivity index (χ4v) is 12.2. The molecule has 4 amide bonds. The standard InChI is InChI=1S/C49H55ClN10O6/c1-48(2)46(49(3,4)47(48)66-36-11-7-30(22-51)38(50)21-36)53-42(62)29-5-8-32(9-6-29)59-27-34-19-35(59)26-57(34)23-28-15-17-56(18-16-28)44(64)31-24-58(25-31)33-10-12-39-37(20-33)45(65)60(55-54-39)40-13-14-41(61)52-43(40)63/h5-12,20-21,28,31,34-35,40,46-47H,13-19,23-27H2,1-4H3,(H,53,62)(H,52,61,63)/t34?,35?,40?,46-,47-. The van der Waals surface area contributed by atoms with Gasteiger partial charge in [-0.25, -0.2) is 0 Å². The number of piperazine rings is 1. The third-order valence-electron chi connectivity index (χ3n) is 15.4. The summed E-state index contributed by atoms with van der Waals surface area (Å²) in [5, 5.41) is 23.7. The molecule has 3 unspecified atom stereocenters. The third-order valence-corrected chi connectivity index (χ3v) is 15.7. The van der Waals surface area contributed by atoms with Crippen molar-refractivity contribution in [1.82, 2.24) is 35.4 Å². The Labute approximate surface area is 388 Å². The number of rotatable bonds is 10. The maximum atomic E-state index is 13.6. The van der Waals surface area contributed by atoms with Gasteiger partial charge in [0.05, 0.1) is 21.9 Å². The molecule has 1 aliphatic carbocycles. The molecule has 1 aromatic heterocycles. The molecular formula is C49H55ClN10O6. The van der Waals surface area contributed by atoms with Crippen LogP contribution in [0.2, 0.25) is 5.02 Å². The van der Waals surface area contributed by atoms with E-state index in [0.29, 0.717) is 63.9 Å². The zero-order valence-electron chi connectivity index (χ0n) is 37.7. The van der Waals surface area contributed by atoms with Crippen molar-refractivity contribution in [3.05, 3.63) is 87.2 Å². The van der Waals surface area contributed by atoms with Crippen LogP contribution in [0.5, 0.6) is 5.75 Å². The molecule has 66 heavy (non-hydrogen) atoms. The smallest absolute Gasteiger partial charge is 0.278 e. The van der Waals surface area contributed by atoms with Crippen molar-refractivity contribution >= 4 is 57.5 Å². The predicted octanol–water partition coefficient (Wildman–Crippen LogP) is 4.54. The second-order valence-corrected chi connectivity index (χ2v) is 20.8. The number of anilines is 2. The fraction of sp³-hybridized carbons (Fsp3) is 0.510. The van der Waals surface area contributed by atoms with E-state index in [-0.39, 0.29) is 59.5 Å². The van der Waals surface area contributed by atoms with Gasteiger partial charge in [0.1, 0.15) is 29.5 Å². The fourth-order valence-electron chi connectivity index (χ4n) is 12.0. The van der Waals surface area contributed by atoms with Gasteiger partial charge >= 0.3 is 0 Å². The van der Waals surface area contributed by atoms with Crippen LogP contribution in [0.4, 0.5) is 11.4 Å². The van der Waals surface area contributed by atoms with Gasteiger partial charge in [0, 0.05) is 104 Å². The molecule has 17 heteroatoms. The number of hydrogen-bond acceptors (Lipinski definition) is 12. The topological polar surface area (TPSA) is 186 Å². The number of nitrogens with one attached hydrogen (secondary N) is 2. The highest BCUT2D eigenvalue weighted by molar-refractivity contribution is 6.31. The van der Waals surface area contributed by atoms with Crippen molar-refractivity contribution < 1.29 is 23.9 Å². The average Bonchev–Trinajstić information content (AvgIpc) is 3.89. The minimum Gasteiger partial charge on any atom is -0.489 e. The third kappa shape index (κ3) is 7.73. The molecule has 4 aromatic rings. The van der Waals surface area contributed by atoms with Crippen molar-refractivity contribution in [2.45, 2.75) is 90.1 Å². The number of carbonyl (C=O) groups excluding carboxylic acids is 4. The lowest BCUT2D eigenvalue weighted by Gasteiger charge is -2.63. The zero-order chi connectivity index (χ0) is 46.2. The average molecular weight is 915 g/mol. The molecule has 344 valence electrons. The molecule has 6 fully saturated rings. The lowest BCUT2D eigenvalue weighted by Crippen LogP contribution is -2.74. The number of likely N-dealkylation sites (tertiary alicyclic amines) is 2. The van der Waals surface area contributed by atoms with E-state index in [1.54, 1.807) is 30.3 Å². The molecule has 10 rings (SSSR count). The van der Waals surface area contributed by atoms with E-state index >= 15 is 0 Å². The van der Waals surface area contributed by atoms with Gasteiger partial charge < -0.3 is 24.8 Å². The first-order chi connectivity index (χ1) is 31.6. The highest BCUT2D eigenvalue weighted by Crippen LogP contribution is 2.55. The largest absolute Gasteiger partial charge is 0.489 e. The minimum absolute atomic E-state index is 0.102. The number of piperidine rings is 2. The van der Waals surface area contributed by atoms with Gasteiger partial charge in [-0.2, -0.15) is 9.94 Å². The second-order valence-electron chi connectivity index (χ2n) is 20.4. The van der Waals surface area contributed by atoms with Crippen LogP contribution in [0.3, 0.4) is 0 Å². The molecule has 2 bridgehead atoms. The number of amides is 4. The van der Waals surface area contributed by atoms with Crippen LogP contribution in [-0.4, -0.2) is 118 Å². The Kier molecular flexibility index (Phi) is 11.1. The Morgan fingerprint density at radius 1 is 0.909 bits per heavy atom. The first-order valence-corrected chi connectivity index (χ1v) is 23.5. The van der Waals surface area contributed by atoms with Gasteiger partial charge in [0.25, 0.3) is 17.4 Å². The summed E-state index contributed by atoms with van der Waals surface area (Å²) in [6.07, 6.45) is 3.25. The molecule has 5 saturated heterocycles. The van der Waals surface area contributed by atoms with E-state index in [4.69, 9.17) is 16.3 Å². The minimum atomic E-state index is -0.887. The lowest BCUT2D eigenvalue weighted by molar-refractivity contribution is -0.164. The van der Waals surface area contributed by atoms with Gasteiger partial charge in [-0.05, 0) is 86.2 Å². The van der Waals surface area contributed by atoms with Crippen molar-refractivity contribution in [3.63, 3.8) is 0 Å². The summed E-state index contributed by atoms with van der Waals surface area (Å²) in [6.45, 7) is 14.1. The van der Waals surface area contributed by atoms with Crippen LogP contribution in [0.25, 0.3) is 10.9 Å². The summed E-state index contributed by atoms with van der Waals surface area (Å²) >= 11 is 6.27. The summed E-state index contributed by atoms with van der Waals surface area (Å²) in [4.78, 5) is 73.9. The number of imide groups is 1. The van der Waals surface area contributed by atoms with Crippen LogP contribution in [0, 0.1) is 34.0 Å². The van der Waals surface area contributed by atoms with E-state index in [1.165, 1.54) is 0 Å². The molecule has 6 aliphatic rings. The summed E-state index contributed by atoms with van der Waals surface area (Å²) < 4.78 is 7.47. The summed E-state index contributed by atoms with van der Waals surface area (Å²) in [7, 11) is 0. The SMILES string of the molecule is CC1(C)[C@H](NC(=O)c2ccc(N3CC4CC3CN4CC3CCN(C(=O)C4CN(c5ccc6nnn(C7CCC(=O)NC7=O)c(=O)c6c5)C4)CC3)cc2)C(C)(C)[C@H]1Oc1ccc(C#N)c(Cl)c1. The van der Waals surface area contributed by atoms with Gasteiger partial charge in [-0.3, -0.25) is 34.2 Å².